The second kappa shape index (κ2) is 4.72. The molecule has 0 aromatic heterocycles. The zero-order valence-electron chi connectivity index (χ0n) is 10.7. The summed E-state index contributed by atoms with van der Waals surface area (Å²) in [6.07, 6.45) is 6.92. The Balaban J connectivity index is 1.53. The molecule has 2 saturated carbocycles. The number of benzene rings is 1. The summed E-state index contributed by atoms with van der Waals surface area (Å²) in [6, 6.07) is 8.59. The molecule has 3 unspecified atom stereocenters. The second-order valence-corrected chi connectivity index (χ2v) is 5.74. The summed E-state index contributed by atoms with van der Waals surface area (Å²) < 4.78 is 5.94. The lowest BCUT2D eigenvalue weighted by atomic mass is 9.89. The van der Waals surface area contributed by atoms with E-state index in [1.165, 1.54) is 31.2 Å². The van der Waals surface area contributed by atoms with Crippen LogP contribution in [0.1, 0.15) is 38.2 Å². The third kappa shape index (κ3) is 2.34. The van der Waals surface area contributed by atoms with E-state index in [4.69, 9.17) is 4.74 Å². The highest BCUT2D eigenvalue weighted by atomic mass is 16.5. The SMILES string of the molecule is CCc1ccc(OCC2CC3CCC2C3)cc1. The van der Waals surface area contributed by atoms with Gasteiger partial charge >= 0.3 is 0 Å². The third-order valence-electron chi connectivity index (χ3n) is 4.68. The third-order valence-corrected chi connectivity index (χ3v) is 4.68. The van der Waals surface area contributed by atoms with Crippen molar-refractivity contribution < 1.29 is 4.74 Å². The Bertz CT molecular complexity index is 368. The Labute approximate surface area is 104 Å². The van der Waals surface area contributed by atoms with Crippen molar-refractivity contribution in [1.29, 1.82) is 0 Å². The highest BCUT2D eigenvalue weighted by Crippen LogP contribution is 2.48. The first-order chi connectivity index (χ1) is 8.35. The van der Waals surface area contributed by atoms with E-state index >= 15 is 0 Å². The Kier molecular flexibility index (Phi) is 3.09. The van der Waals surface area contributed by atoms with Gasteiger partial charge in [-0.3, -0.25) is 0 Å². The lowest BCUT2D eigenvalue weighted by molar-refractivity contribution is 0.195. The van der Waals surface area contributed by atoms with Crippen LogP contribution in [-0.4, -0.2) is 6.61 Å². The van der Waals surface area contributed by atoms with E-state index in [0.717, 1.165) is 36.5 Å². The Morgan fingerprint density at radius 3 is 2.53 bits per heavy atom. The minimum absolute atomic E-state index is 0.833. The van der Waals surface area contributed by atoms with Gasteiger partial charge in [-0.05, 0) is 61.1 Å². The smallest absolute Gasteiger partial charge is 0.119 e. The molecule has 2 aliphatic carbocycles. The molecule has 1 aromatic carbocycles. The molecule has 0 heterocycles. The largest absolute Gasteiger partial charge is 0.493 e. The summed E-state index contributed by atoms with van der Waals surface area (Å²) in [5, 5.41) is 0. The first-order valence-electron chi connectivity index (χ1n) is 7.07. The lowest BCUT2D eigenvalue weighted by Gasteiger charge is -2.21. The Morgan fingerprint density at radius 2 is 1.94 bits per heavy atom. The van der Waals surface area contributed by atoms with E-state index in [0.29, 0.717) is 0 Å². The van der Waals surface area contributed by atoms with Crippen LogP contribution in [0, 0.1) is 17.8 Å². The molecule has 0 aliphatic heterocycles. The zero-order valence-corrected chi connectivity index (χ0v) is 10.7. The van der Waals surface area contributed by atoms with Crippen molar-refractivity contribution in [2.24, 2.45) is 17.8 Å². The van der Waals surface area contributed by atoms with Gasteiger partial charge in [-0.1, -0.05) is 25.5 Å². The maximum atomic E-state index is 5.94. The van der Waals surface area contributed by atoms with Crippen LogP contribution < -0.4 is 4.74 Å². The van der Waals surface area contributed by atoms with Crippen molar-refractivity contribution in [3.63, 3.8) is 0 Å². The standard InChI is InChI=1S/C16H22O/c1-2-12-4-7-16(8-5-12)17-11-15-10-13-3-6-14(15)9-13/h4-5,7-8,13-15H,2-3,6,9-11H2,1H3. The highest BCUT2D eigenvalue weighted by molar-refractivity contribution is 5.27. The summed E-state index contributed by atoms with van der Waals surface area (Å²) in [5.74, 6) is 3.87. The molecule has 1 aromatic rings. The van der Waals surface area contributed by atoms with E-state index in [2.05, 4.69) is 31.2 Å². The maximum absolute atomic E-state index is 5.94. The average molecular weight is 230 g/mol. The predicted molar refractivity (Wildman–Crippen MR) is 70.3 cm³/mol. The summed E-state index contributed by atoms with van der Waals surface area (Å²) >= 11 is 0. The van der Waals surface area contributed by atoms with Gasteiger partial charge in [0.25, 0.3) is 0 Å². The molecule has 92 valence electrons. The van der Waals surface area contributed by atoms with Crippen LogP contribution in [-0.2, 0) is 6.42 Å². The van der Waals surface area contributed by atoms with Gasteiger partial charge in [-0.2, -0.15) is 0 Å². The number of fused-ring (bicyclic) bond motifs is 2. The van der Waals surface area contributed by atoms with Gasteiger partial charge in [0.05, 0.1) is 6.61 Å². The first kappa shape index (κ1) is 11.1. The fourth-order valence-corrected chi connectivity index (χ4v) is 3.61. The zero-order chi connectivity index (χ0) is 11.7. The highest BCUT2D eigenvalue weighted by Gasteiger charge is 2.39. The minimum Gasteiger partial charge on any atom is -0.493 e. The van der Waals surface area contributed by atoms with Crippen LogP contribution >= 0.6 is 0 Å². The normalized spacial score (nSPS) is 30.8. The quantitative estimate of drug-likeness (QED) is 0.757. The number of hydrogen-bond donors (Lipinski definition) is 0. The van der Waals surface area contributed by atoms with Crippen LogP contribution in [0.25, 0.3) is 0 Å². The van der Waals surface area contributed by atoms with Crippen molar-refractivity contribution in [1.82, 2.24) is 0 Å². The average Bonchev–Trinajstić information content (AvgIpc) is 2.99. The van der Waals surface area contributed by atoms with Crippen LogP contribution in [0.5, 0.6) is 5.75 Å². The molecule has 0 N–H and O–H groups in total. The molecule has 0 amide bonds. The molecule has 2 aliphatic rings. The number of aryl methyl sites for hydroxylation is 1. The van der Waals surface area contributed by atoms with Gasteiger partial charge in [0, 0.05) is 0 Å². The molecule has 2 bridgehead atoms. The van der Waals surface area contributed by atoms with Gasteiger partial charge in [0.1, 0.15) is 5.75 Å². The summed E-state index contributed by atoms with van der Waals surface area (Å²) in [5.41, 5.74) is 1.39. The fraction of sp³-hybridized carbons (Fsp3) is 0.625. The first-order valence-corrected chi connectivity index (χ1v) is 7.07. The van der Waals surface area contributed by atoms with Crippen molar-refractivity contribution in [3.05, 3.63) is 29.8 Å². The summed E-state index contributed by atoms with van der Waals surface area (Å²) in [6.45, 7) is 3.12. The number of rotatable bonds is 4. The molecule has 1 nitrogen and oxygen atoms in total. The van der Waals surface area contributed by atoms with Crippen molar-refractivity contribution in [3.8, 4) is 5.75 Å². The van der Waals surface area contributed by atoms with E-state index in [1.807, 2.05) is 0 Å². The summed E-state index contributed by atoms with van der Waals surface area (Å²) in [7, 11) is 0. The number of hydrogen-bond acceptors (Lipinski definition) is 1. The van der Waals surface area contributed by atoms with Crippen molar-refractivity contribution >= 4 is 0 Å². The number of ether oxygens (including phenoxy) is 1. The molecule has 3 rings (SSSR count). The molecule has 3 atom stereocenters. The molecular weight excluding hydrogens is 208 g/mol. The van der Waals surface area contributed by atoms with E-state index in [9.17, 15) is 0 Å². The second-order valence-electron chi connectivity index (χ2n) is 5.74. The molecular formula is C16H22O. The molecule has 17 heavy (non-hydrogen) atoms. The maximum Gasteiger partial charge on any atom is 0.119 e. The van der Waals surface area contributed by atoms with Gasteiger partial charge in [-0.15, -0.1) is 0 Å². The molecule has 0 radical (unpaired) electrons. The van der Waals surface area contributed by atoms with E-state index < -0.39 is 0 Å². The predicted octanol–water partition coefficient (Wildman–Crippen LogP) is 4.06. The van der Waals surface area contributed by atoms with Gasteiger partial charge in [-0.25, -0.2) is 0 Å². The van der Waals surface area contributed by atoms with Crippen molar-refractivity contribution in [2.75, 3.05) is 6.61 Å². The minimum atomic E-state index is 0.833. The molecule has 0 spiro atoms. The van der Waals surface area contributed by atoms with Gasteiger partial charge < -0.3 is 4.74 Å². The topological polar surface area (TPSA) is 9.23 Å². The monoisotopic (exact) mass is 230 g/mol. The molecule has 1 heteroatoms. The van der Waals surface area contributed by atoms with E-state index in [-0.39, 0.29) is 0 Å². The van der Waals surface area contributed by atoms with Crippen molar-refractivity contribution in [2.45, 2.75) is 39.0 Å². The van der Waals surface area contributed by atoms with Crippen LogP contribution in [0.4, 0.5) is 0 Å². The fourth-order valence-electron chi connectivity index (χ4n) is 3.61. The molecule has 2 fully saturated rings. The Hall–Kier alpha value is -0.980. The van der Waals surface area contributed by atoms with E-state index in [1.54, 1.807) is 0 Å². The van der Waals surface area contributed by atoms with Crippen LogP contribution in [0.15, 0.2) is 24.3 Å². The lowest BCUT2D eigenvalue weighted by Crippen LogP contribution is -2.18. The van der Waals surface area contributed by atoms with Gasteiger partial charge in [0.15, 0.2) is 0 Å². The summed E-state index contributed by atoms with van der Waals surface area (Å²) in [4.78, 5) is 0. The van der Waals surface area contributed by atoms with Crippen LogP contribution in [0.2, 0.25) is 0 Å². The van der Waals surface area contributed by atoms with Gasteiger partial charge in [0.2, 0.25) is 0 Å². The molecule has 0 saturated heterocycles. The Morgan fingerprint density at radius 1 is 1.12 bits per heavy atom. The van der Waals surface area contributed by atoms with Crippen LogP contribution in [0.3, 0.4) is 0 Å².